The lowest BCUT2D eigenvalue weighted by Gasteiger charge is -2.14. The molecule has 11 heteroatoms. The molecule has 0 bridgehead atoms. The van der Waals surface area contributed by atoms with E-state index in [0.717, 1.165) is 10.6 Å². The molecule has 3 aromatic rings. The van der Waals surface area contributed by atoms with Gasteiger partial charge in [0.25, 0.3) is 5.56 Å². The first kappa shape index (κ1) is 22.3. The molecule has 1 amide bonds. The molecule has 0 saturated carbocycles. The Hall–Kier alpha value is -2.36. The summed E-state index contributed by atoms with van der Waals surface area (Å²) in [5, 5.41) is 8.28. The van der Waals surface area contributed by atoms with Gasteiger partial charge in [-0.25, -0.2) is 13.6 Å². The van der Waals surface area contributed by atoms with Gasteiger partial charge in [-0.15, -0.1) is 0 Å². The number of benzene rings is 2. The van der Waals surface area contributed by atoms with Crippen molar-refractivity contribution in [1.82, 2.24) is 4.57 Å². The molecule has 2 aromatic carbocycles. The number of nitrogens with two attached hydrogens (primary N) is 1. The van der Waals surface area contributed by atoms with Crippen molar-refractivity contribution in [2.75, 3.05) is 5.32 Å². The largest absolute Gasteiger partial charge is 0.326 e. The monoisotopic (exact) mass is 485 g/mol. The highest BCUT2D eigenvalue weighted by Crippen LogP contribution is 2.25. The highest BCUT2D eigenvalue weighted by atomic mass is 35.5. The van der Waals surface area contributed by atoms with Gasteiger partial charge in [-0.1, -0.05) is 53.0 Å². The number of aromatic nitrogens is 1. The van der Waals surface area contributed by atoms with Crippen molar-refractivity contribution in [2.45, 2.75) is 11.3 Å². The third-order valence-corrected chi connectivity index (χ3v) is 5.84. The van der Waals surface area contributed by atoms with Gasteiger partial charge in [-0.2, -0.15) is 0 Å². The highest BCUT2D eigenvalue weighted by Gasteiger charge is 2.19. The van der Waals surface area contributed by atoms with E-state index in [4.69, 9.17) is 39.9 Å². The second-order valence-corrected chi connectivity index (χ2v) is 9.01. The molecule has 0 atom stereocenters. The topological polar surface area (TPSA) is 111 Å². The summed E-state index contributed by atoms with van der Waals surface area (Å²) in [5.41, 5.74) is 0.0403. The summed E-state index contributed by atoms with van der Waals surface area (Å²) < 4.78 is 25.3. The molecule has 3 rings (SSSR count). The SMILES string of the molecule is NS(=O)(=O)c1cc(NC(=O)Cc2ccccc2Cl)ccc1-n1cc(Cl)cc(Cl)c1=O. The molecule has 0 aliphatic carbocycles. The number of nitrogens with one attached hydrogen (secondary N) is 1. The number of nitrogens with zero attached hydrogens (tertiary/aromatic N) is 1. The van der Waals surface area contributed by atoms with Crippen LogP contribution in [-0.2, 0) is 21.2 Å². The summed E-state index contributed by atoms with van der Waals surface area (Å²) in [6.45, 7) is 0. The van der Waals surface area contributed by atoms with Crippen LogP contribution in [0.5, 0.6) is 0 Å². The minimum absolute atomic E-state index is 0.0184. The number of pyridine rings is 1. The normalized spacial score (nSPS) is 11.3. The van der Waals surface area contributed by atoms with Gasteiger partial charge >= 0.3 is 0 Å². The zero-order chi connectivity index (χ0) is 22.1. The van der Waals surface area contributed by atoms with Crippen LogP contribution in [-0.4, -0.2) is 18.9 Å². The van der Waals surface area contributed by atoms with Crippen LogP contribution in [0.2, 0.25) is 15.1 Å². The number of carbonyl (C=O) groups is 1. The van der Waals surface area contributed by atoms with Crippen LogP contribution in [0.3, 0.4) is 0 Å². The predicted molar refractivity (Wildman–Crippen MR) is 117 cm³/mol. The number of halogens is 3. The Morgan fingerprint density at radius 2 is 1.73 bits per heavy atom. The molecular formula is C19H14Cl3N3O4S. The van der Waals surface area contributed by atoms with Crippen molar-refractivity contribution < 1.29 is 13.2 Å². The summed E-state index contributed by atoms with van der Waals surface area (Å²) in [6.07, 6.45) is 1.20. The fourth-order valence-corrected chi connectivity index (χ4v) is 4.16. The van der Waals surface area contributed by atoms with Crippen LogP contribution in [0.25, 0.3) is 5.69 Å². The van der Waals surface area contributed by atoms with Crippen molar-refractivity contribution >= 4 is 56.4 Å². The maximum absolute atomic E-state index is 12.4. The zero-order valence-electron chi connectivity index (χ0n) is 15.1. The summed E-state index contributed by atoms with van der Waals surface area (Å²) in [5.74, 6) is -0.417. The standard InChI is InChI=1S/C19H14Cl3N3O4S/c20-12-8-15(22)19(27)25(10-12)16-6-5-13(9-17(16)30(23,28)29)24-18(26)7-11-3-1-2-4-14(11)21/h1-6,8-10H,7H2,(H,24,26)(H2,23,28,29). The molecule has 1 heterocycles. The summed E-state index contributed by atoms with van der Waals surface area (Å²) >= 11 is 17.9. The number of sulfonamides is 1. The lowest BCUT2D eigenvalue weighted by atomic mass is 10.1. The number of anilines is 1. The van der Waals surface area contributed by atoms with E-state index in [-0.39, 0.29) is 27.8 Å². The molecule has 30 heavy (non-hydrogen) atoms. The molecule has 0 spiro atoms. The first-order chi connectivity index (χ1) is 14.1. The Bertz CT molecular complexity index is 1310. The van der Waals surface area contributed by atoms with Gasteiger partial charge in [0.2, 0.25) is 15.9 Å². The van der Waals surface area contributed by atoms with Crippen molar-refractivity contribution in [3.05, 3.63) is 85.7 Å². The molecule has 156 valence electrons. The van der Waals surface area contributed by atoms with Gasteiger partial charge in [0.1, 0.15) is 9.92 Å². The van der Waals surface area contributed by atoms with Crippen LogP contribution in [0, 0.1) is 0 Å². The number of amides is 1. The van der Waals surface area contributed by atoms with Gasteiger partial charge in [0.05, 0.1) is 17.1 Å². The predicted octanol–water partition coefficient (Wildman–Crippen LogP) is 3.63. The molecule has 0 fully saturated rings. The van der Waals surface area contributed by atoms with E-state index in [1.54, 1.807) is 24.3 Å². The molecule has 7 nitrogen and oxygen atoms in total. The molecule has 0 radical (unpaired) electrons. The number of primary sulfonamides is 1. The van der Waals surface area contributed by atoms with E-state index in [9.17, 15) is 18.0 Å². The van der Waals surface area contributed by atoms with Crippen molar-refractivity contribution in [3.8, 4) is 5.69 Å². The Balaban J connectivity index is 1.99. The first-order valence-electron chi connectivity index (χ1n) is 8.34. The number of hydrogen-bond donors (Lipinski definition) is 2. The van der Waals surface area contributed by atoms with E-state index in [1.165, 1.54) is 24.4 Å². The average Bonchev–Trinajstić information content (AvgIpc) is 2.66. The third kappa shape index (κ3) is 5.03. The van der Waals surface area contributed by atoms with E-state index in [0.29, 0.717) is 10.6 Å². The summed E-state index contributed by atoms with van der Waals surface area (Å²) in [7, 11) is -4.27. The summed E-state index contributed by atoms with van der Waals surface area (Å²) in [4.78, 5) is 24.3. The van der Waals surface area contributed by atoms with Crippen molar-refractivity contribution in [3.63, 3.8) is 0 Å². The Kier molecular flexibility index (Phi) is 6.54. The maximum atomic E-state index is 12.4. The summed E-state index contributed by atoms with van der Waals surface area (Å²) in [6, 6.07) is 12.0. The van der Waals surface area contributed by atoms with Crippen molar-refractivity contribution in [2.24, 2.45) is 5.14 Å². The fourth-order valence-electron chi connectivity index (χ4n) is 2.73. The molecule has 0 aliphatic heterocycles. The fraction of sp³-hybridized carbons (Fsp3) is 0.0526. The van der Waals surface area contributed by atoms with Crippen molar-refractivity contribution in [1.29, 1.82) is 0 Å². The van der Waals surface area contributed by atoms with Gasteiger partial charge in [-0.05, 0) is 35.9 Å². The minimum atomic E-state index is -4.27. The lowest BCUT2D eigenvalue weighted by molar-refractivity contribution is -0.115. The maximum Gasteiger partial charge on any atom is 0.273 e. The average molecular weight is 487 g/mol. The number of rotatable bonds is 5. The minimum Gasteiger partial charge on any atom is -0.326 e. The lowest BCUT2D eigenvalue weighted by Crippen LogP contribution is -2.23. The molecule has 0 aliphatic rings. The van der Waals surface area contributed by atoms with Gasteiger partial charge < -0.3 is 5.32 Å². The Labute approximate surface area is 187 Å². The second-order valence-electron chi connectivity index (χ2n) is 6.23. The van der Waals surface area contributed by atoms with Gasteiger partial charge in [0, 0.05) is 16.9 Å². The van der Waals surface area contributed by atoms with Crippen LogP contribution < -0.4 is 16.0 Å². The third-order valence-electron chi connectivity index (χ3n) is 4.06. The van der Waals surface area contributed by atoms with Crippen LogP contribution in [0.15, 0.2) is 64.4 Å². The quantitative estimate of drug-likeness (QED) is 0.573. The van der Waals surface area contributed by atoms with E-state index < -0.39 is 26.4 Å². The second kappa shape index (κ2) is 8.79. The van der Waals surface area contributed by atoms with E-state index >= 15 is 0 Å². The Morgan fingerprint density at radius 1 is 1.03 bits per heavy atom. The van der Waals surface area contributed by atoms with Crippen LogP contribution in [0.4, 0.5) is 5.69 Å². The molecule has 0 saturated heterocycles. The molecular weight excluding hydrogens is 473 g/mol. The smallest absolute Gasteiger partial charge is 0.273 e. The molecule has 0 unspecified atom stereocenters. The van der Waals surface area contributed by atoms with E-state index in [2.05, 4.69) is 5.32 Å². The highest BCUT2D eigenvalue weighted by molar-refractivity contribution is 7.89. The molecule has 3 N–H and O–H groups in total. The van der Waals surface area contributed by atoms with Crippen LogP contribution >= 0.6 is 34.8 Å². The number of carbonyl (C=O) groups excluding carboxylic acids is 1. The number of hydrogen-bond acceptors (Lipinski definition) is 4. The van der Waals surface area contributed by atoms with Gasteiger partial charge in [0.15, 0.2) is 0 Å². The molecule has 1 aromatic heterocycles. The zero-order valence-corrected chi connectivity index (χ0v) is 18.2. The van der Waals surface area contributed by atoms with Crippen LogP contribution in [0.1, 0.15) is 5.56 Å². The Morgan fingerprint density at radius 3 is 2.40 bits per heavy atom. The first-order valence-corrected chi connectivity index (χ1v) is 11.0. The van der Waals surface area contributed by atoms with Gasteiger partial charge in [-0.3, -0.25) is 14.2 Å². The van der Waals surface area contributed by atoms with E-state index in [1.807, 2.05) is 0 Å².